The van der Waals surface area contributed by atoms with Crippen LogP contribution in [0.5, 0.6) is 0 Å². The summed E-state index contributed by atoms with van der Waals surface area (Å²) in [6.45, 7) is 6.51. The van der Waals surface area contributed by atoms with Crippen LogP contribution in [0.4, 0.5) is 0 Å². The summed E-state index contributed by atoms with van der Waals surface area (Å²) in [5.41, 5.74) is 10.6. The van der Waals surface area contributed by atoms with E-state index in [1.807, 2.05) is 0 Å². The quantitative estimate of drug-likeness (QED) is 0.662. The second-order valence-electron chi connectivity index (χ2n) is 7.34. The summed E-state index contributed by atoms with van der Waals surface area (Å²) in [6, 6.07) is 15.8. The highest BCUT2D eigenvalue weighted by Crippen LogP contribution is 2.45. The fraction of sp³-hybridized carbons (Fsp3) is 0.318. The van der Waals surface area contributed by atoms with Gasteiger partial charge in [0.1, 0.15) is 0 Å². The van der Waals surface area contributed by atoms with Gasteiger partial charge < -0.3 is 0 Å². The number of fused-ring (bicyclic) bond motifs is 5. The molecule has 23 heavy (non-hydrogen) atoms. The number of rotatable bonds is 0. The van der Waals surface area contributed by atoms with E-state index < -0.39 is 0 Å². The highest BCUT2D eigenvalue weighted by Gasteiger charge is 2.35. The van der Waals surface area contributed by atoms with E-state index in [9.17, 15) is 5.26 Å². The first-order valence-electron chi connectivity index (χ1n) is 8.38. The van der Waals surface area contributed by atoms with Crippen molar-refractivity contribution in [3.8, 4) is 17.2 Å². The normalized spacial score (nSPS) is 17.8. The van der Waals surface area contributed by atoms with E-state index in [1.54, 1.807) is 0 Å². The molecule has 0 saturated heterocycles. The molecule has 0 radical (unpaired) electrons. The van der Waals surface area contributed by atoms with Crippen molar-refractivity contribution in [2.24, 2.45) is 0 Å². The van der Waals surface area contributed by atoms with Crippen molar-refractivity contribution < 1.29 is 0 Å². The van der Waals surface area contributed by atoms with Crippen molar-refractivity contribution in [3.63, 3.8) is 0 Å². The lowest BCUT2D eigenvalue weighted by Crippen LogP contribution is -2.28. The molecule has 0 saturated carbocycles. The van der Waals surface area contributed by atoms with Gasteiger partial charge in [0, 0.05) is 11.0 Å². The molecule has 2 aromatic carbocycles. The minimum atomic E-state index is -0.182. The number of allylic oxidation sites excluding steroid dienone is 2. The Morgan fingerprint density at radius 3 is 2.52 bits per heavy atom. The van der Waals surface area contributed by atoms with Crippen molar-refractivity contribution >= 4 is 0 Å². The van der Waals surface area contributed by atoms with Crippen molar-refractivity contribution in [1.29, 1.82) is 5.26 Å². The van der Waals surface area contributed by atoms with Crippen LogP contribution in [0.1, 0.15) is 43.0 Å². The number of benzene rings is 2. The van der Waals surface area contributed by atoms with Crippen molar-refractivity contribution in [2.75, 3.05) is 0 Å². The van der Waals surface area contributed by atoms with E-state index in [0.717, 1.165) is 24.8 Å². The molecule has 0 amide bonds. The lowest BCUT2D eigenvalue weighted by Gasteiger charge is -2.36. The molecule has 0 aromatic heterocycles. The van der Waals surface area contributed by atoms with E-state index in [-0.39, 0.29) is 5.41 Å². The molecule has 1 nitrogen and oxygen atoms in total. The van der Waals surface area contributed by atoms with Crippen LogP contribution in [-0.4, -0.2) is 0 Å². The lowest BCUT2D eigenvalue weighted by molar-refractivity contribution is 0.607. The Balaban J connectivity index is 1.97. The number of nitriles is 1. The summed E-state index contributed by atoms with van der Waals surface area (Å²) in [6.07, 6.45) is 3.15. The smallest absolute Gasteiger partial charge is 0.0955 e. The van der Waals surface area contributed by atoms with Crippen LogP contribution in [0.2, 0.25) is 0 Å². The standard InChI is InChI=1S/C22H21N/c1-14-12-19-18-9-8-15-6-4-5-7-16(15)17(18)10-11-20(19)22(2,3)21(14)13-23/h4-7,10-11H,8-9,12H2,1-3H3. The number of aryl methyl sites for hydroxylation is 1. The van der Waals surface area contributed by atoms with E-state index >= 15 is 0 Å². The predicted molar refractivity (Wildman–Crippen MR) is 94.3 cm³/mol. The third-order valence-corrected chi connectivity index (χ3v) is 5.66. The molecule has 114 valence electrons. The van der Waals surface area contributed by atoms with Gasteiger partial charge in [0.15, 0.2) is 0 Å². The molecule has 0 atom stereocenters. The van der Waals surface area contributed by atoms with Gasteiger partial charge in [-0.15, -0.1) is 0 Å². The van der Waals surface area contributed by atoms with E-state index in [0.29, 0.717) is 0 Å². The predicted octanol–water partition coefficient (Wildman–Crippen LogP) is 5.13. The summed E-state index contributed by atoms with van der Waals surface area (Å²) < 4.78 is 0. The first-order chi connectivity index (χ1) is 11.0. The van der Waals surface area contributed by atoms with Crippen molar-refractivity contribution in [1.82, 2.24) is 0 Å². The molecule has 0 spiro atoms. The lowest BCUT2D eigenvalue weighted by atomic mass is 9.66. The zero-order valence-electron chi connectivity index (χ0n) is 14.0. The number of hydrogen-bond acceptors (Lipinski definition) is 1. The van der Waals surface area contributed by atoms with Gasteiger partial charge in [-0.2, -0.15) is 5.26 Å². The molecule has 2 aliphatic carbocycles. The minimum absolute atomic E-state index is 0.182. The van der Waals surface area contributed by atoms with Gasteiger partial charge in [0.05, 0.1) is 6.07 Å². The van der Waals surface area contributed by atoms with Gasteiger partial charge in [0.25, 0.3) is 0 Å². The molecule has 0 heterocycles. The van der Waals surface area contributed by atoms with Gasteiger partial charge in [-0.1, -0.05) is 55.8 Å². The zero-order chi connectivity index (χ0) is 16.2. The molecular formula is C22H21N. The maximum atomic E-state index is 9.58. The Morgan fingerprint density at radius 1 is 0.957 bits per heavy atom. The number of nitrogens with zero attached hydrogens (tertiary/aromatic N) is 1. The molecule has 0 N–H and O–H groups in total. The second kappa shape index (κ2) is 4.83. The number of hydrogen-bond donors (Lipinski definition) is 0. The van der Waals surface area contributed by atoms with E-state index in [4.69, 9.17) is 0 Å². The van der Waals surface area contributed by atoms with Crippen LogP contribution in [0.15, 0.2) is 47.5 Å². The summed E-state index contributed by atoms with van der Waals surface area (Å²) >= 11 is 0. The summed E-state index contributed by atoms with van der Waals surface area (Å²) in [4.78, 5) is 0. The minimum Gasteiger partial charge on any atom is -0.193 e. The topological polar surface area (TPSA) is 23.8 Å². The SMILES string of the molecule is CC1=C(C#N)C(C)(C)c2ccc3c(c2C1)CCc1ccccc1-3. The first kappa shape index (κ1) is 14.3. The van der Waals surface area contributed by atoms with Gasteiger partial charge in [-0.05, 0) is 59.6 Å². The van der Waals surface area contributed by atoms with Crippen molar-refractivity contribution in [3.05, 3.63) is 69.8 Å². The molecule has 0 unspecified atom stereocenters. The highest BCUT2D eigenvalue weighted by atomic mass is 14.4. The Hall–Kier alpha value is -2.33. The Morgan fingerprint density at radius 2 is 1.74 bits per heavy atom. The Bertz CT molecular complexity index is 891. The third-order valence-electron chi connectivity index (χ3n) is 5.66. The van der Waals surface area contributed by atoms with Crippen LogP contribution >= 0.6 is 0 Å². The van der Waals surface area contributed by atoms with Crippen LogP contribution in [0.25, 0.3) is 11.1 Å². The Kier molecular flexibility index (Phi) is 3.00. The largest absolute Gasteiger partial charge is 0.193 e. The average Bonchev–Trinajstić information content (AvgIpc) is 2.54. The molecule has 2 aliphatic rings. The highest BCUT2D eigenvalue weighted by molar-refractivity contribution is 5.76. The molecule has 4 rings (SSSR count). The summed E-state index contributed by atoms with van der Waals surface area (Å²) in [5.74, 6) is 0. The third kappa shape index (κ3) is 1.91. The second-order valence-corrected chi connectivity index (χ2v) is 7.34. The van der Waals surface area contributed by atoms with Crippen LogP contribution in [-0.2, 0) is 24.7 Å². The zero-order valence-corrected chi connectivity index (χ0v) is 14.0. The van der Waals surface area contributed by atoms with E-state index in [1.165, 1.54) is 39.0 Å². The van der Waals surface area contributed by atoms with E-state index in [2.05, 4.69) is 63.2 Å². The maximum Gasteiger partial charge on any atom is 0.0955 e. The van der Waals surface area contributed by atoms with Gasteiger partial charge in [0.2, 0.25) is 0 Å². The maximum absolute atomic E-state index is 9.58. The molecule has 0 aliphatic heterocycles. The molecule has 0 fully saturated rings. The van der Waals surface area contributed by atoms with Crippen LogP contribution in [0, 0.1) is 11.3 Å². The molecule has 0 bridgehead atoms. The average molecular weight is 299 g/mol. The summed E-state index contributed by atoms with van der Waals surface area (Å²) in [5, 5.41) is 9.58. The van der Waals surface area contributed by atoms with Crippen LogP contribution in [0.3, 0.4) is 0 Å². The fourth-order valence-electron chi connectivity index (χ4n) is 4.54. The van der Waals surface area contributed by atoms with Crippen LogP contribution < -0.4 is 0 Å². The monoisotopic (exact) mass is 299 g/mol. The van der Waals surface area contributed by atoms with Gasteiger partial charge in [-0.25, -0.2) is 0 Å². The van der Waals surface area contributed by atoms with Gasteiger partial charge in [-0.3, -0.25) is 0 Å². The molecular weight excluding hydrogens is 278 g/mol. The first-order valence-corrected chi connectivity index (χ1v) is 8.38. The fourth-order valence-corrected chi connectivity index (χ4v) is 4.54. The molecule has 2 aromatic rings. The Labute approximate surface area is 138 Å². The van der Waals surface area contributed by atoms with Gasteiger partial charge >= 0.3 is 0 Å². The molecule has 1 heteroatoms. The van der Waals surface area contributed by atoms with Crippen molar-refractivity contribution in [2.45, 2.75) is 45.4 Å². The summed E-state index contributed by atoms with van der Waals surface area (Å²) in [7, 11) is 0.